The molecule has 0 spiro atoms. The van der Waals surface area contributed by atoms with Crippen molar-refractivity contribution in [2.75, 3.05) is 19.5 Å². The third-order valence-corrected chi connectivity index (χ3v) is 4.64. The highest BCUT2D eigenvalue weighted by Gasteiger charge is 2.05. The van der Waals surface area contributed by atoms with Crippen LogP contribution in [0.1, 0.15) is 11.1 Å². The van der Waals surface area contributed by atoms with E-state index in [-0.39, 0.29) is 11.0 Å². The lowest BCUT2D eigenvalue weighted by Gasteiger charge is -2.10. The first-order chi connectivity index (χ1) is 15.6. The summed E-state index contributed by atoms with van der Waals surface area (Å²) in [6.07, 6.45) is 3.06. The Morgan fingerprint density at radius 3 is 2.34 bits per heavy atom. The van der Waals surface area contributed by atoms with E-state index < -0.39 is 0 Å². The molecule has 32 heavy (non-hydrogen) atoms. The molecular formula is C25H24N2O4S. The summed E-state index contributed by atoms with van der Waals surface area (Å²) >= 11 is 5.22. The lowest BCUT2D eigenvalue weighted by molar-refractivity contribution is -0.115. The lowest BCUT2D eigenvalue weighted by atomic mass is 10.2. The number of amides is 1. The zero-order valence-electron chi connectivity index (χ0n) is 17.8. The minimum Gasteiger partial charge on any atom is -0.493 e. The van der Waals surface area contributed by atoms with E-state index in [9.17, 15) is 4.79 Å². The van der Waals surface area contributed by atoms with Crippen LogP contribution in [0.4, 0.5) is 5.69 Å². The lowest BCUT2D eigenvalue weighted by Crippen LogP contribution is -2.32. The summed E-state index contributed by atoms with van der Waals surface area (Å²) in [5.41, 5.74) is 2.63. The number of benzene rings is 3. The standard InChI is InChI=1S/C25H24N2O4S/c1-29-22-14-8-18(16-23(22)30-2)9-15-24(28)27-25(32)26-20-10-12-21(13-11-20)31-17-19-6-4-3-5-7-19/h3-16H,17H2,1-2H3,(H2,26,27,28,32). The summed E-state index contributed by atoms with van der Waals surface area (Å²) in [6.45, 7) is 0.495. The van der Waals surface area contributed by atoms with Gasteiger partial charge in [0.2, 0.25) is 5.91 Å². The molecule has 0 unspecified atom stereocenters. The number of ether oxygens (including phenoxy) is 3. The van der Waals surface area contributed by atoms with Gasteiger partial charge in [0, 0.05) is 11.8 Å². The topological polar surface area (TPSA) is 68.8 Å². The summed E-state index contributed by atoms with van der Waals surface area (Å²) in [7, 11) is 3.13. The third kappa shape index (κ3) is 6.85. The average molecular weight is 449 g/mol. The molecular weight excluding hydrogens is 424 g/mol. The minimum atomic E-state index is -0.347. The van der Waals surface area contributed by atoms with Gasteiger partial charge in [0.05, 0.1) is 14.2 Å². The number of carbonyl (C=O) groups is 1. The first kappa shape index (κ1) is 22.8. The summed E-state index contributed by atoms with van der Waals surface area (Å²) < 4.78 is 16.2. The van der Waals surface area contributed by atoms with Gasteiger partial charge in [-0.3, -0.25) is 10.1 Å². The van der Waals surface area contributed by atoms with Crippen LogP contribution in [0.15, 0.2) is 78.9 Å². The number of nitrogens with one attached hydrogen (secondary N) is 2. The normalized spacial score (nSPS) is 10.4. The van der Waals surface area contributed by atoms with Gasteiger partial charge in [0.15, 0.2) is 16.6 Å². The van der Waals surface area contributed by atoms with Crippen molar-refractivity contribution in [3.8, 4) is 17.2 Å². The maximum Gasteiger partial charge on any atom is 0.250 e. The molecule has 0 atom stereocenters. The monoisotopic (exact) mass is 448 g/mol. The van der Waals surface area contributed by atoms with Gasteiger partial charge in [-0.2, -0.15) is 0 Å². The highest BCUT2D eigenvalue weighted by Crippen LogP contribution is 2.27. The van der Waals surface area contributed by atoms with E-state index in [4.69, 9.17) is 26.4 Å². The number of rotatable bonds is 8. The molecule has 6 nitrogen and oxygen atoms in total. The molecule has 3 rings (SSSR count). The van der Waals surface area contributed by atoms with Crippen molar-refractivity contribution < 1.29 is 19.0 Å². The highest BCUT2D eigenvalue weighted by molar-refractivity contribution is 7.80. The number of hydrogen-bond acceptors (Lipinski definition) is 5. The van der Waals surface area contributed by atoms with Crippen molar-refractivity contribution in [2.24, 2.45) is 0 Å². The van der Waals surface area contributed by atoms with Crippen molar-refractivity contribution in [3.63, 3.8) is 0 Å². The van der Waals surface area contributed by atoms with Gasteiger partial charge < -0.3 is 19.5 Å². The Kier molecular flexibility index (Phi) is 8.22. The van der Waals surface area contributed by atoms with Crippen molar-refractivity contribution in [1.29, 1.82) is 0 Å². The molecule has 0 aliphatic rings. The zero-order chi connectivity index (χ0) is 22.8. The molecule has 3 aromatic carbocycles. The zero-order valence-corrected chi connectivity index (χ0v) is 18.6. The fourth-order valence-corrected chi connectivity index (χ4v) is 3.04. The van der Waals surface area contributed by atoms with Crippen LogP contribution in [0, 0.1) is 0 Å². The van der Waals surface area contributed by atoms with Crippen LogP contribution in [0.2, 0.25) is 0 Å². The Labute approximate surface area is 192 Å². The van der Waals surface area contributed by atoms with Crippen LogP contribution < -0.4 is 24.8 Å². The predicted octanol–water partition coefficient (Wildman–Crippen LogP) is 4.81. The molecule has 164 valence electrons. The summed E-state index contributed by atoms with van der Waals surface area (Å²) in [4.78, 5) is 12.2. The van der Waals surface area contributed by atoms with Crippen LogP contribution in [0.5, 0.6) is 17.2 Å². The van der Waals surface area contributed by atoms with Crippen LogP contribution >= 0.6 is 12.2 Å². The molecule has 2 N–H and O–H groups in total. The first-order valence-corrected chi connectivity index (χ1v) is 10.3. The van der Waals surface area contributed by atoms with E-state index in [2.05, 4.69) is 10.6 Å². The molecule has 1 amide bonds. The summed E-state index contributed by atoms with van der Waals surface area (Å²) in [6, 6.07) is 22.7. The molecule has 0 saturated carbocycles. The molecule has 0 fully saturated rings. The van der Waals surface area contributed by atoms with Gasteiger partial charge >= 0.3 is 0 Å². The van der Waals surface area contributed by atoms with E-state index in [0.29, 0.717) is 18.1 Å². The smallest absolute Gasteiger partial charge is 0.250 e. The van der Waals surface area contributed by atoms with E-state index in [0.717, 1.165) is 22.6 Å². The Morgan fingerprint density at radius 2 is 1.66 bits per heavy atom. The second-order valence-electron chi connectivity index (χ2n) is 6.69. The van der Waals surface area contributed by atoms with E-state index in [1.165, 1.54) is 6.08 Å². The van der Waals surface area contributed by atoms with Gasteiger partial charge in [-0.25, -0.2) is 0 Å². The maximum atomic E-state index is 12.2. The SMILES string of the molecule is COc1ccc(C=CC(=O)NC(=S)Nc2ccc(OCc3ccccc3)cc2)cc1OC. The highest BCUT2D eigenvalue weighted by atomic mass is 32.1. The largest absolute Gasteiger partial charge is 0.493 e. The Morgan fingerprint density at radius 1 is 0.938 bits per heavy atom. The Bertz CT molecular complexity index is 1080. The van der Waals surface area contributed by atoms with Gasteiger partial charge in [-0.05, 0) is 65.8 Å². The number of thiocarbonyl (C=S) groups is 1. The molecule has 7 heteroatoms. The Balaban J connectivity index is 1.48. The van der Waals surface area contributed by atoms with Gasteiger partial charge in [-0.1, -0.05) is 36.4 Å². The van der Waals surface area contributed by atoms with Crippen LogP contribution in [-0.2, 0) is 11.4 Å². The van der Waals surface area contributed by atoms with E-state index >= 15 is 0 Å². The van der Waals surface area contributed by atoms with Crippen LogP contribution in [0.25, 0.3) is 6.08 Å². The molecule has 0 heterocycles. The van der Waals surface area contributed by atoms with Gasteiger partial charge in [-0.15, -0.1) is 0 Å². The Hall–Kier alpha value is -3.84. The van der Waals surface area contributed by atoms with E-state index in [1.54, 1.807) is 32.4 Å². The number of anilines is 1. The predicted molar refractivity (Wildman–Crippen MR) is 130 cm³/mol. The van der Waals surface area contributed by atoms with Crippen molar-refractivity contribution in [2.45, 2.75) is 6.61 Å². The van der Waals surface area contributed by atoms with Crippen molar-refractivity contribution >= 4 is 35.0 Å². The van der Waals surface area contributed by atoms with Crippen LogP contribution in [-0.4, -0.2) is 25.2 Å². The quantitative estimate of drug-likeness (QED) is 0.381. The molecule has 0 radical (unpaired) electrons. The molecule has 0 aliphatic carbocycles. The third-order valence-electron chi connectivity index (χ3n) is 4.43. The molecule has 0 saturated heterocycles. The first-order valence-electron chi connectivity index (χ1n) is 9.86. The van der Waals surface area contributed by atoms with Crippen molar-refractivity contribution in [3.05, 3.63) is 90.0 Å². The molecule has 0 aliphatic heterocycles. The summed E-state index contributed by atoms with van der Waals surface area (Å²) in [5.74, 6) is 1.60. The van der Waals surface area contributed by atoms with Gasteiger partial charge in [0.25, 0.3) is 0 Å². The molecule has 3 aromatic rings. The summed E-state index contributed by atoms with van der Waals surface area (Å²) in [5, 5.41) is 5.80. The van der Waals surface area contributed by atoms with Crippen LogP contribution in [0.3, 0.4) is 0 Å². The molecule has 0 aromatic heterocycles. The minimum absolute atomic E-state index is 0.199. The fraction of sp³-hybridized carbons (Fsp3) is 0.120. The second-order valence-corrected chi connectivity index (χ2v) is 7.10. The number of hydrogen-bond donors (Lipinski definition) is 2. The number of carbonyl (C=O) groups excluding carboxylic acids is 1. The molecule has 0 bridgehead atoms. The van der Waals surface area contributed by atoms with Gasteiger partial charge in [0.1, 0.15) is 12.4 Å². The number of methoxy groups -OCH3 is 2. The fourth-order valence-electron chi connectivity index (χ4n) is 2.82. The van der Waals surface area contributed by atoms with E-state index in [1.807, 2.05) is 60.7 Å². The average Bonchev–Trinajstić information content (AvgIpc) is 2.82. The maximum absolute atomic E-state index is 12.2. The van der Waals surface area contributed by atoms with Crippen molar-refractivity contribution in [1.82, 2.24) is 5.32 Å². The second kappa shape index (κ2) is 11.5.